The highest BCUT2D eigenvalue weighted by Crippen LogP contribution is 2.22. The molecule has 0 spiro atoms. The SMILES string of the molecule is C=Cc1cc2ccccc2cc1CI. The molecule has 0 aliphatic carbocycles. The molecule has 0 radical (unpaired) electrons. The number of benzene rings is 2. The van der Waals surface area contributed by atoms with Gasteiger partial charge in [0.25, 0.3) is 0 Å². The van der Waals surface area contributed by atoms with Crippen LogP contribution in [0.5, 0.6) is 0 Å². The van der Waals surface area contributed by atoms with Crippen LogP contribution in [0, 0.1) is 0 Å². The normalized spacial score (nSPS) is 10.4. The van der Waals surface area contributed by atoms with Crippen LogP contribution in [0.3, 0.4) is 0 Å². The summed E-state index contributed by atoms with van der Waals surface area (Å²) in [7, 11) is 0. The zero-order chi connectivity index (χ0) is 9.97. The average molecular weight is 294 g/mol. The van der Waals surface area contributed by atoms with E-state index >= 15 is 0 Å². The summed E-state index contributed by atoms with van der Waals surface area (Å²) in [4.78, 5) is 0. The van der Waals surface area contributed by atoms with Crippen LogP contribution in [0.2, 0.25) is 0 Å². The van der Waals surface area contributed by atoms with E-state index in [-0.39, 0.29) is 0 Å². The fraction of sp³-hybridized carbons (Fsp3) is 0.0769. The largest absolute Gasteiger partial charge is 0.0985 e. The molecule has 0 amide bonds. The Morgan fingerprint density at radius 2 is 1.79 bits per heavy atom. The highest BCUT2D eigenvalue weighted by atomic mass is 127. The van der Waals surface area contributed by atoms with Crippen molar-refractivity contribution in [3.8, 4) is 0 Å². The lowest BCUT2D eigenvalue weighted by Crippen LogP contribution is -1.84. The third-order valence-corrected chi connectivity index (χ3v) is 3.19. The van der Waals surface area contributed by atoms with E-state index in [9.17, 15) is 0 Å². The summed E-state index contributed by atoms with van der Waals surface area (Å²) in [5.41, 5.74) is 2.61. The van der Waals surface area contributed by atoms with Crippen LogP contribution < -0.4 is 0 Å². The molecule has 0 heterocycles. The summed E-state index contributed by atoms with van der Waals surface area (Å²) < 4.78 is 1.03. The first-order valence-electron chi connectivity index (χ1n) is 4.55. The van der Waals surface area contributed by atoms with Gasteiger partial charge >= 0.3 is 0 Å². The van der Waals surface area contributed by atoms with E-state index in [1.165, 1.54) is 21.9 Å². The van der Waals surface area contributed by atoms with Gasteiger partial charge in [0, 0.05) is 4.43 Å². The minimum atomic E-state index is 1.03. The van der Waals surface area contributed by atoms with Gasteiger partial charge in [0.1, 0.15) is 0 Å². The van der Waals surface area contributed by atoms with Crippen molar-refractivity contribution in [2.45, 2.75) is 4.43 Å². The van der Waals surface area contributed by atoms with Crippen LogP contribution in [-0.2, 0) is 4.43 Å². The van der Waals surface area contributed by atoms with Gasteiger partial charge in [-0.15, -0.1) is 0 Å². The number of hydrogen-bond acceptors (Lipinski definition) is 0. The Morgan fingerprint density at radius 1 is 1.14 bits per heavy atom. The van der Waals surface area contributed by atoms with Gasteiger partial charge in [0.15, 0.2) is 0 Å². The van der Waals surface area contributed by atoms with Crippen molar-refractivity contribution in [1.82, 2.24) is 0 Å². The van der Waals surface area contributed by atoms with E-state index in [2.05, 4.69) is 65.6 Å². The maximum atomic E-state index is 3.84. The lowest BCUT2D eigenvalue weighted by molar-refractivity contribution is 1.46. The summed E-state index contributed by atoms with van der Waals surface area (Å²) in [6.07, 6.45) is 1.93. The highest BCUT2D eigenvalue weighted by molar-refractivity contribution is 14.1. The van der Waals surface area contributed by atoms with Crippen LogP contribution in [0.4, 0.5) is 0 Å². The maximum absolute atomic E-state index is 3.84. The fourth-order valence-electron chi connectivity index (χ4n) is 1.61. The van der Waals surface area contributed by atoms with Crippen molar-refractivity contribution in [3.05, 3.63) is 54.1 Å². The molecule has 2 aromatic rings. The Hall–Kier alpha value is -0.830. The fourth-order valence-corrected chi connectivity index (χ4v) is 2.27. The van der Waals surface area contributed by atoms with Crippen LogP contribution in [0.25, 0.3) is 16.8 Å². The van der Waals surface area contributed by atoms with Gasteiger partial charge in [-0.25, -0.2) is 0 Å². The molecule has 0 nitrogen and oxygen atoms in total. The van der Waals surface area contributed by atoms with E-state index in [0.29, 0.717) is 0 Å². The Bertz CT molecular complexity index is 472. The van der Waals surface area contributed by atoms with Crippen LogP contribution in [-0.4, -0.2) is 0 Å². The van der Waals surface area contributed by atoms with Crippen molar-refractivity contribution < 1.29 is 0 Å². The smallest absolute Gasteiger partial charge is 0.0253 e. The van der Waals surface area contributed by atoms with Gasteiger partial charge in [0.2, 0.25) is 0 Å². The third kappa shape index (κ3) is 1.69. The number of rotatable bonds is 2. The van der Waals surface area contributed by atoms with Gasteiger partial charge < -0.3 is 0 Å². The second-order valence-electron chi connectivity index (χ2n) is 3.24. The van der Waals surface area contributed by atoms with Gasteiger partial charge in [-0.2, -0.15) is 0 Å². The van der Waals surface area contributed by atoms with Crippen LogP contribution >= 0.6 is 22.6 Å². The van der Waals surface area contributed by atoms with Gasteiger partial charge in [-0.1, -0.05) is 59.5 Å². The molecule has 0 saturated heterocycles. The summed E-state index contributed by atoms with van der Waals surface area (Å²) in [5, 5.41) is 2.60. The summed E-state index contributed by atoms with van der Waals surface area (Å²) in [5.74, 6) is 0. The topological polar surface area (TPSA) is 0 Å². The third-order valence-electron chi connectivity index (χ3n) is 2.37. The summed E-state index contributed by atoms with van der Waals surface area (Å²) >= 11 is 2.39. The molecular weight excluding hydrogens is 283 g/mol. The van der Waals surface area contributed by atoms with Crippen molar-refractivity contribution >= 4 is 39.4 Å². The van der Waals surface area contributed by atoms with Crippen molar-refractivity contribution in [2.24, 2.45) is 0 Å². The maximum Gasteiger partial charge on any atom is 0.0253 e. The van der Waals surface area contributed by atoms with Gasteiger partial charge in [0.05, 0.1) is 0 Å². The molecule has 0 unspecified atom stereocenters. The van der Waals surface area contributed by atoms with Crippen LogP contribution in [0.15, 0.2) is 43.0 Å². The van der Waals surface area contributed by atoms with E-state index in [4.69, 9.17) is 0 Å². The molecule has 14 heavy (non-hydrogen) atoms. The second-order valence-corrected chi connectivity index (χ2v) is 4.00. The zero-order valence-electron chi connectivity index (χ0n) is 7.83. The monoisotopic (exact) mass is 294 g/mol. The summed E-state index contributed by atoms with van der Waals surface area (Å²) in [6.45, 7) is 3.84. The Kier molecular flexibility index (Phi) is 2.87. The van der Waals surface area contributed by atoms with Gasteiger partial charge in [-0.3, -0.25) is 0 Å². The van der Waals surface area contributed by atoms with Crippen molar-refractivity contribution in [3.63, 3.8) is 0 Å². The molecular formula is C13H11I. The average Bonchev–Trinajstić information content (AvgIpc) is 2.27. The predicted octanol–water partition coefficient (Wildman–Crippen LogP) is 4.42. The van der Waals surface area contributed by atoms with Crippen molar-refractivity contribution in [1.29, 1.82) is 0 Å². The molecule has 0 aliphatic heterocycles. The Balaban J connectivity index is 2.75. The molecule has 0 bridgehead atoms. The standard InChI is InChI=1S/C13H11I/c1-2-10-7-11-5-3-4-6-12(11)8-13(10)9-14/h2-8H,1,9H2. The number of halogens is 1. The molecule has 1 heteroatoms. The first kappa shape index (κ1) is 9.71. The Labute approximate surface area is 97.8 Å². The molecule has 0 N–H and O–H groups in total. The predicted molar refractivity (Wildman–Crippen MR) is 71.8 cm³/mol. The number of hydrogen-bond donors (Lipinski definition) is 0. The minimum Gasteiger partial charge on any atom is -0.0985 e. The molecule has 0 aromatic heterocycles. The van der Waals surface area contributed by atoms with E-state index in [1.54, 1.807) is 0 Å². The molecule has 2 rings (SSSR count). The first-order valence-corrected chi connectivity index (χ1v) is 6.08. The lowest BCUT2D eigenvalue weighted by atomic mass is 10.0. The second kappa shape index (κ2) is 4.13. The van der Waals surface area contributed by atoms with E-state index in [0.717, 1.165) is 4.43 Å². The zero-order valence-corrected chi connectivity index (χ0v) is 9.99. The molecule has 0 fully saturated rings. The van der Waals surface area contributed by atoms with Gasteiger partial charge in [-0.05, 0) is 34.0 Å². The number of fused-ring (bicyclic) bond motifs is 1. The molecule has 0 saturated carbocycles. The molecule has 0 atom stereocenters. The quantitative estimate of drug-likeness (QED) is 0.568. The highest BCUT2D eigenvalue weighted by Gasteiger charge is 2.00. The van der Waals surface area contributed by atoms with E-state index < -0.39 is 0 Å². The lowest BCUT2D eigenvalue weighted by Gasteiger charge is -2.05. The van der Waals surface area contributed by atoms with Crippen molar-refractivity contribution in [2.75, 3.05) is 0 Å². The minimum absolute atomic E-state index is 1.03. The van der Waals surface area contributed by atoms with Crippen LogP contribution in [0.1, 0.15) is 11.1 Å². The van der Waals surface area contributed by atoms with E-state index in [1.807, 2.05) is 6.08 Å². The summed E-state index contributed by atoms with van der Waals surface area (Å²) in [6, 6.07) is 12.9. The molecule has 2 aromatic carbocycles. The first-order chi connectivity index (χ1) is 6.85. The Morgan fingerprint density at radius 3 is 2.36 bits per heavy atom. The number of alkyl halides is 1. The molecule has 0 aliphatic rings. The molecule has 70 valence electrons.